The van der Waals surface area contributed by atoms with Crippen LogP contribution in [0.4, 0.5) is 0 Å². The average molecular weight is 319 g/mol. The Labute approximate surface area is 137 Å². The predicted octanol–water partition coefficient (Wildman–Crippen LogP) is 3.70. The normalized spacial score (nSPS) is 16.0. The molecule has 0 radical (unpaired) electrons. The summed E-state index contributed by atoms with van der Waals surface area (Å²) < 4.78 is 10.7. The summed E-state index contributed by atoms with van der Waals surface area (Å²) in [4.78, 5) is 16.9. The molecule has 1 aromatic carbocycles. The lowest BCUT2D eigenvalue weighted by Gasteiger charge is -2.21. The van der Waals surface area contributed by atoms with Crippen LogP contribution >= 0.6 is 0 Å². The molecule has 0 N–H and O–H groups in total. The number of oxime groups is 1. The predicted molar refractivity (Wildman–Crippen MR) is 88.7 cm³/mol. The summed E-state index contributed by atoms with van der Waals surface area (Å²) in [6, 6.07) is 7.54. The fourth-order valence-corrected chi connectivity index (χ4v) is 2.78. The first-order valence-electron chi connectivity index (χ1n) is 8.17. The third-order valence-electron chi connectivity index (χ3n) is 4.04. The highest BCUT2D eigenvalue weighted by Gasteiger charge is 2.18. The van der Waals surface area contributed by atoms with E-state index in [4.69, 9.17) is 14.3 Å². The molecule has 0 aliphatic heterocycles. The van der Waals surface area contributed by atoms with Gasteiger partial charge in [-0.1, -0.05) is 11.6 Å². The van der Waals surface area contributed by atoms with Gasteiger partial charge in [-0.2, -0.15) is 0 Å². The van der Waals surface area contributed by atoms with E-state index in [0.29, 0.717) is 12.8 Å². The van der Waals surface area contributed by atoms with Gasteiger partial charge in [0.05, 0.1) is 19.2 Å². The van der Waals surface area contributed by atoms with Crippen LogP contribution < -0.4 is 4.74 Å². The van der Waals surface area contributed by atoms with Crippen molar-refractivity contribution in [1.29, 1.82) is 0 Å². The van der Waals surface area contributed by atoms with Gasteiger partial charge in [-0.25, -0.2) is 0 Å². The Hall–Kier alpha value is -2.04. The zero-order chi connectivity index (χ0) is 16.5. The van der Waals surface area contributed by atoms with Gasteiger partial charge >= 0.3 is 5.97 Å². The second kappa shape index (κ2) is 9.18. The van der Waals surface area contributed by atoms with Crippen LogP contribution in [-0.4, -0.2) is 32.0 Å². The van der Waals surface area contributed by atoms with Gasteiger partial charge < -0.3 is 14.3 Å². The van der Waals surface area contributed by atoms with E-state index >= 15 is 0 Å². The highest BCUT2D eigenvalue weighted by molar-refractivity contribution is 6.01. The molecule has 0 heterocycles. The van der Waals surface area contributed by atoms with Crippen molar-refractivity contribution in [1.82, 2.24) is 0 Å². The van der Waals surface area contributed by atoms with E-state index in [1.54, 1.807) is 7.11 Å². The Morgan fingerprint density at radius 3 is 2.39 bits per heavy atom. The van der Waals surface area contributed by atoms with Crippen molar-refractivity contribution in [3.8, 4) is 5.75 Å². The van der Waals surface area contributed by atoms with Gasteiger partial charge in [0.2, 0.25) is 0 Å². The molecule has 1 fully saturated rings. The molecule has 126 valence electrons. The van der Waals surface area contributed by atoms with E-state index in [9.17, 15) is 4.79 Å². The smallest absolute Gasteiger partial charge is 0.306 e. The van der Waals surface area contributed by atoms with E-state index in [2.05, 4.69) is 5.16 Å². The first-order chi connectivity index (χ1) is 11.2. The molecule has 1 aliphatic carbocycles. The third-order valence-corrected chi connectivity index (χ3v) is 4.04. The molecule has 1 aromatic rings. The molecular weight excluding hydrogens is 294 g/mol. The largest absolute Gasteiger partial charge is 0.497 e. The number of rotatable bonds is 7. The molecule has 0 aromatic heterocycles. The van der Waals surface area contributed by atoms with Gasteiger partial charge in [0.1, 0.15) is 19.0 Å². The van der Waals surface area contributed by atoms with Crippen molar-refractivity contribution < 1.29 is 19.1 Å². The Bertz CT molecular complexity index is 518. The van der Waals surface area contributed by atoms with Crippen LogP contribution in [0.3, 0.4) is 0 Å². The van der Waals surface area contributed by atoms with Gasteiger partial charge in [-0.05, 0) is 55.5 Å². The van der Waals surface area contributed by atoms with E-state index in [1.165, 1.54) is 13.5 Å². The van der Waals surface area contributed by atoms with Crippen molar-refractivity contribution in [2.24, 2.45) is 5.16 Å². The number of esters is 1. The number of hydrogen-bond donors (Lipinski definition) is 0. The Kier molecular flexibility index (Phi) is 6.91. The molecule has 1 aliphatic rings. The summed E-state index contributed by atoms with van der Waals surface area (Å²) in [5.74, 6) is 0.622. The fraction of sp³-hybridized carbons (Fsp3) is 0.556. The van der Waals surface area contributed by atoms with Crippen molar-refractivity contribution in [2.45, 2.75) is 51.0 Å². The molecule has 5 nitrogen and oxygen atoms in total. The van der Waals surface area contributed by atoms with E-state index in [0.717, 1.165) is 42.7 Å². The molecule has 0 atom stereocenters. The molecule has 0 saturated heterocycles. The minimum atomic E-state index is -0.158. The maximum Gasteiger partial charge on any atom is 0.306 e. The summed E-state index contributed by atoms with van der Waals surface area (Å²) >= 11 is 0. The lowest BCUT2D eigenvalue weighted by Crippen LogP contribution is -2.21. The first-order valence-corrected chi connectivity index (χ1v) is 8.17. The second-order valence-corrected chi connectivity index (χ2v) is 5.70. The molecule has 0 amide bonds. The van der Waals surface area contributed by atoms with Crippen LogP contribution in [-0.2, 0) is 14.4 Å². The highest BCUT2D eigenvalue weighted by Crippen LogP contribution is 2.21. The number of hydrogen-bond acceptors (Lipinski definition) is 5. The highest BCUT2D eigenvalue weighted by atomic mass is 16.6. The number of benzene rings is 1. The van der Waals surface area contributed by atoms with Gasteiger partial charge in [-0.3, -0.25) is 4.79 Å². The number of nitrogens with zero attached hydrogens (tertiary/aromatic N) is 1. The summed E-state index contributed by atoms with van der Waals surface area (Å²) in [6.07, 6.45) is 6.43. The lowest BCUT2D eigenvalue weighted by molar-refractivity contribution is -0.150. The van der Waals surface area contributed by atoms with Gasteiger partial charge in [-0.15, -0.1) is 0 Å². The van der Waals surface area contributed by atoms with Crippen LogP contribution in [0.25, 0.3) is 0 Å². The van der Waals surface area contributed by atoms with Crippen LogP contribution in [0.5, 0.6) is 5.75 Å². The fourth-order valence-electron chi connectivity index (χ4n) is 2.78. The lowest BCUT2D eigenvalue weighted by atomic mass is 9.98. The van der Waals surface area contributed by atoms with Gasteiger partial charge in [0.25, 0.3) is 0 Å². The quantitative estimate of drug-likeness (QED) is 0.437. The van der Waals surface area contributed by atoms with Crippen LogP contribution in [0.2, 0.25) is 0 Å². The number of ether oxygens (including phenoxy) is 2. The second-order valence-electron chi connectivity index (χ2n) is 5.70. The van der Waals surface area contributed by atoms with E-state index in [1.807, 2.05) is 24.3 Å². The van der Waals surface area contributed by atoms with E-state index < -0.39 is 0 Å². The first kappa shape index (κ1) is 17.3. The van der Waals surface area contributed by atoms with Crippen molar-refractivity contribution >= 4 is 11.7 Å². The Balaban J connectivity index is 1.88. The van der Waals surface area contributed by atoms with Gasteiger partial charge in [0, 0.05) is 6.42 Å². The molecule has 0 bridgehead atoms. The number of carbonyl (C=O) groups is 1. The average Bonchev–Trinajstić information content (AvgIpc) is 2.59. The minimum absolute atomic E-state index is 0.0973. The Morgan fingerprint density at radius 1 is 1.09 bits per heavy atom. The molecule has 2 rings (SSSR count). The standard InChI is InChI=1S/C18H25NO4/c1-21-15-10-8-14(9-11-15)17(19-22-2)12-13-18(20)23-16-6-4-3-5-7-16/h8-11,16H,3-7,12-13H2,1-2H3/b19-17+. The summed E-state index contributed by atoms with van der Waals surface area (Å²) in [5.41, 5.74) is 1.65. The monoisotopic (exact) mass is 319 g/mol. The zero-order valence-electron chi connectivity index (χ0n) is 13.9. The number of methoxy groups -OCH3 is 1. The Morgan fingerprint density at radius 2 is 1.78 bits per heavy atom. The molecule has 0 spiro atoms. The minimum Gasteiger partial charge on any atom is -0.497 e. The van der Waals surface area contributed by atoms with Crippen LogP contribution in [0.1, 0.15) is 50.5 Å². The molecular formula is C18H25NO4. The SMILES string of the molecule is CO/N=C(\CCC(=O)OC1CCCCC1)c1ccc(OC)cc1. The van der Waals surface area contributed by atoms with E-state index in [-0.39, 0.29) is 12.1 Å². The zero-order valence-corrected chi connectivity index (χ0v) is 13.9. The molecule has 0 unspecified atom stereocenters. The van der Waals surface area contributed by atoms with Crippen LogP contribution in [0, 0.1) is 0 Å². The summed E-state index contributed by atoms with van der Waals surface area (Å²) in [6.45, 7) is 0. The van der Waals surface area contributed by atoms with Crippen molar-refractivity contribution in [2.75, 3.05) is 14.2 Å². The third kappa shape index (κ3) is 5.58. The maximum atomic E-state index is 12.0. The maximum absolute atomic E-state index is 12.0. The molecule has 1 saturated carbocycles. The van der Waals surface area contributed by atoms with Crippen molar-refractivity contribution in [3.05, 3.63) is 29.8 Å². The van der Waals surface area contributed by atoms with Gasteiger partial charge in [0.15, 0.2) is 0 Å². The molecule has 5 heteroatoms. The summed E-state index contributed by atoms with van der Waals surface area (Å²) in [5, 5.41) is 4.04. The topological polar surface area (TPSA) is 57.1 Å². The summed E-state index contributed by atoms with van der Waals surface area (Å²) in [7, 11) is 3.13. The van der Waals surface area contributed by atoms with Crippen molar-refractivity contribution in [3.63, 3.8) is 0 Å². The number of carbonyl (C=O) groups excluding carboxylic acids is 1. The molecule has 23 heavy (non-hydrogen) atoms. The van der Waals surface area contributed by atoms with Crippen LogP contribution in [0.15, 0.2) is 29.4 Å².